The van der Waals surface area contributed by atoms with Gasteiger partial charge in [0.05, 0.1) is 11.8 Å². The highest BCUT2D eigenvalue weighted by Gasteiger charge is 2.33. The summed E-state index contributed by atoms with van der Waals surface area (Å²) in [5.74, 6) is -1.29. The van der Waals surface area contributed by atoms with Gasteiger partial charge in [0.25, 0.3) is 16.0 Å². The number of amides is 1. The zero-order valence-electron chi connectivity index (χ0n) is 12.1. The van der Waals surface area contributed by atoms with Crippen LogP contribution in [0.15, 0.2) is 29.3 Å². The van der Waals surface area contributed by atoms with E-state index in [1.807, 2.05) is 0 Å². The van der Waals surface area contributed by atoms with Crippen LogP contribution in [0.2, 0.25) is 0 Å². The number of benzene rings is 1. The van der Waals surface area contributed by atoms with Gasteiger partial charge >= 0.3 is 6.18 Å². The van der Waals surface area contributed by atoms with Gasteiger partial charge in [-0.1, -0.05) is 6.07 Å². The molecule has 1 aromatic carbocycles. The average molecular weight is 366 g/mol. The first-order valence-electron chi connectivity index (χ1n) is 6.04. The first-order chi connectivity index (χ1) is 10.8. The largest absolute Gasteiger partial charge is 0.417 e. The number of nitrogens with two attached hydrogens (primary N) is 2. The fraction of sp³-hybridized carbons (Fsp3) is 0.167. The standard InChI is InChI=1S/C11H9F3N4O.CH4O3S/c12-11(13,14)6-2-1-3-7-5(6)4-8(17-7)9(19)18-10(15)16;1-5(2,3)4/h1-4,17H,(H4,15,16,18,19);1H3,(H,2,3,4). The second-order valence-electron chi connectivity index (χ2n) is 4.52. The molecule has 1 amide bonds. The Balaban J connectivity index is 0.000000505. The van der Waals surface area contributed by atoms with Gasteiger partial charge < -0.3 is 16.5 Å². The lowest BCUT2D eigenvalue weighted by Crippen LogP contribution is -2.24. The first kappa shape index (κ1) is 19.4. The number of aliphatic imine (C=N–C) groups is 1. The molecule has 0 saturated carbocycles. The topological polar surface area (TPSA) is 152 Å². The smallest absolute Gasteiger partial charge is 0.370 e. The highest BCUT2D eigenvalue weighted by atomic mass is 32.2. The highest BCUT2D eigenvalue weighted by Crippen LogP contribution is 2.35. The zero-order valence-corrected chi connectivity index (χ0v) is 12.9. The van der Waals surface area contributed by atoms with Crippen LogP contribution in [-0.4, -0.2) is 36.1 Å². The normalized spacial score (nSPS) is 11.5. The van der Waals surface area contributed by atoms with Crippen molar-refractivity contribution in [3.63, 3.8) is 0 Å². The fourth-order valence-electron chi connectivity index (χ4n) is 1.70. The maximum absolute atomic E-state index is 12.8. The van der Waals surface area contributed by atoms with E-state index in [1.54, 1.807) is 0 Å². The Morgan fingerprint density at radius 2 is 1.83 bits per heavy atom. The number of carbonyl (C=O) groups excluding carboxylic acids is 1. The molecule has 0 aliphatic rings. The predicted molar refractivity (Wildman–Crippen MR) is 80.9 cm³/mol. The quantitative estimate of drug-likeness (QED) is 0.337. The van der Waals surface area contributed by atoms with Crippen molar-refractivity contribution in [2.75, 3.05) is 6.26 Å². The molecule has 2 aromatic rings. The molecule has 0 saturated heterocycles. The number of nitrogens with one attached hydrogen (secondary N) is 1. The van der Waals surface area contributed by atoms with Crippen LogP contribution in [0.4, 0.5) is 13.2 Å². The van der Waals surface area contributed by atoms with E-state index in [-0.39, 0.29) is 16.6 Å². The molecule has 1 aromatic heterocycles. The van der Waals surface area contributed by atoms with E-state index < -0.39 is 33.7 Å². The Kier molecular flexibility index (Phi) is 5.58. The van der Waals surface area contributed by atoms with E-state index in [1.165, 1.54) is 12.1 Å². The summed E-state index contributed by atoms with van der Waals surface area (Å²) in [7, 11) is -3.67. The zero-order chi connectivity index (χ0) is 18.7. The minimum absolute atomic E-state index is 0.107. The van der Waals surface area contributed by atoms with E-state index in [0.29, 0.717) is 6.26 Å². The van der Waals surface area contributed by atoms with Crippen LogP contribution in [-0.2, 0) is 16.3 Å². The molecule has 0 aliphatic carbocycles. The van der Waals surface area contributed by atoms with Crippen LogP contribution in [0.1, 0.15) is 16.1 Å². The second-order valence-corrected chi connectivity index (χ2v) is 5.99. The van der Waals surface area contributed by atoms with Gasteiger partial charge in [-0.2, -0.15) is 26.6 Å². The summed E-state index contributed by atoms with van der Waals surface area (Å²) in [5.41, 5.74) is 9.32. The van der Waals surface area contributed by atoms with Gasteiger partial charge in [0.1, 0.15) is 5.69 Å². The van der Waals surface area contributed by atoms with Crippen molar-refractivity contribution in [1.82, 2.24) is 4.98 Å². The monoisotopic (exact) mass is 366 g/mol. The number of aromatic nitrogens is 1. The number of hydrogen-bond acceptors (Lipinski definition) is 3. The molecular weight excluding hydrogens is 353 g/mol. The van der Waals surface area contributed by atoms with Gasteiger partial charge in [-0.25, -0.2) is 0 Å². The summed E-state index contributed by atoms with van der Waals surface area (Å²) < 4.78 is 64.2. The third kappa shape index (κ3) is 5.89. The number of alkyl halides is 3. The number of H-pyrrole nitrogens is 1. The van der Waals surface area contributed by atoms with Crippen LogP contribution >= 0.6 is 0 Å². The lowest BCUT2D eigenvalue weighted by molar-refractivity contribution is -0.136. The van der Waals surface area contributed by atoms with E-state index in [9.17, 15) is 26.4 Å². The molecule has 0 fully saturated rings. The molecule has 132 valence electrons. The van der Waals surface area contributed by atoms with Crippen LogP contribution in [0.5, 0.6) is 0 Å². The van der Waals surface area contributed by atoms with Crippen molar-refractivity contribution in [3.8, 4) is 0 Å². The third-order valence-corrected chi connectivity index (χ3v) is 2.43. The molecular formula is C12H13F3N4O4S. The Hall–Kier alpha value is -2.60. The van der Waals surface area contributed by atoms with Crippen molar-refractivity contribution >= 4 is 32.9 Å². The first-order valence-corrected chi connectivity index (χ1v) is 7.89. The summed E-state index contributed by atoms with van der Waals surface area (Å²) in [4.78, 5) is 17.3. The molecule has 0 spiro atoms. The maximum atomic E-state index is 12.8. The molecule has 0 unspecified atom stereocenters. The number of nitrogens with zero attached hydrogens (tertiary/aromatic N) is 1. The summed E-state index contributed by atoms with van der Waals surface area (Å²) in [6.45, 7) is 0. The van der Waals surface area contributed by atoms with Gasteiger partial charge in [-0.15, -0.1) is 0 Å². The van der Waals surface area contributed by atoms with Crippen LogP contribution in [0, 0.1) is 0 Å². The highest BCUT2D eigenvalue weighted by molar-refractivity contribution is 7.85. The molecule has 0 atom stereocenters. The number of carbonyl (C=O) groups is 1. The SMILES string of the molecule is CS(=O)(=O)O.NC(N)=NC(=O)c1cc2c(C(F)(F)F)cccc2[nH]1. The van der Waals surface area contributed by atoms with Gasteiger partial charge in [-0.05, 0) is 18.2 Å². The van der Waals surface area contributed by atoms with Gasteiger partial charge in [0.2, 0.25) is 0 Å². The summed E-state index contributed by atoms with van der Waals surface area (Å²) in [6, 6.07) is 4.69. The number of rotatable bonds is 1. The number of halogens is 3. The van der Waals surface area contributed by atoms with Gasteiger partial charge in [-0.3, -0.25) is 9.35 Å². The molecule has 0 radical (unpaired) electrons. The molecule has 0 bridgehead atoms. The molecule has 6 N–H and O–H groups in total. The fourth-order valence-corrected chi connectivity index (χ4v) is 1.70. The average Bonchev–Trinajstić information content (AvgIpc) is 2.77. The Bertz CT molecular complexity index is 875. The molecule has 12 heteroatoms. The summed E-state index contributed by atoms with van der Waals surface area (Å²) >= 11 is 0. The van der Waals surface area contributed by atoms with Crippen LogP contribution < -0.4 is 11.5 Å². The van der Waals surface area contributed by atoms with E-state index in [0.717, 1.165) is 12.1 Å². The lowest BCUT2D eigenvalue weighted by atomic mass is 10.1. The number of hydrogen-bond donors (Lipinski definition) is 4. The Labute approximate surface area is 134 Å². The molecule has 0 aliphatic heterocycles. The third-order valence-electron chi connectivity index (χ3n) is 2.43. The second kappa shape index (κ2) is 6.88. The van der Waals surface area contributed by atoms with Gasteiger partial charge in [0, 0.05) is 10.9 Å². The molecule has 2 rings (SSSR count). The maximum Gasteiger partial charge on any atom is 0.417 e. The van der Waals surface area contributed by atoms with E-state index in [4.69, 9.17) is 16.0 Å². The summed E-state index contributed by atoms with van der Waals surface area (Å²) in [6.07, 6.45) is -3.79. The van der Waals surface area contributed by atoms with Crippen LogP contribution in [0.3, 0.4) is 0 Å². The van der Waals surface area contributed by atoms with Crippen molar-refractivity contribution in [1.29, 1.82) is 0 Å². The van der Waals surface area contributed by atoms with Gasteiger partial charge in [0.15, 0.2) is 5.96 Å². The van der Waals surface area contributed by atoms with Crippen molar-refractivity contribution in [3.05, 3.63) is 35.5 Å². The van der Waals surface area contributed by atoms with Crippen molar-refractivity contribution in [2.24, 2.45) is 16.5 Å². The van der Waals surface area contributed by atoms with Crippen molar-refractivity contribution < 1.29 is 30.9 Å². The number of aromatic amines is 1. The molecule has 24 heavy (non-hydrogen) atoms. The Morgan fingerprint density at radius 1 is 1.29 bits per heavy atom. The van der Waals surface area contributed by atoms with Crippen molar-refractivity contribution in [2.45, 2.75) is 6.18 Å². The number of fused-ring (bicyclic) bond motifs is 1. The van der Waals surface area contributed by atoms with E-state index in [2.05, 4.69) is 9.98 Å². The summed E-state index contributed by atoms with van der Waals surface area (Å²) in [5, 5.41) is -0.107. The minimum Gasteiger partial charge on any atom is -0.370 e. The Morgan fingerprint density at radius 3 is 2.29 bits per heavy atom. The van der Waals surface area contributed by atoms with E-state index >= 15 is 0 Å². The predicted octanol–water partition coefficient (Wildman–Crippen LogP) is 1.10. The molecule has 8 nitrogen and oxygen atoms in total. The lowest BCUT2D eigenvalue weighted by Gasteiger charge is -2.06. The van der Waals surface area contributed by atoms with Crippen LogP contribution in [0.25, 0.3) is 10.9 Å². The molecule has 1 heterocycles. The minimum atomic E-state index is -4.50. The number of guanidine groups is 1.